The smallest absolute Gasteiger partial charge is 0.135 e. The molecule has 196 valence electrons. The molecule has 2 bridgehead atoms. The summed E-state index contributed by atoms with van der Waals surface area (Å²) in [7, 11) is 0. The highest BCUT2D eigenvalue weighted by molar-refractivity contribution is 5.65. The maximum Gasteiger partial charge on any atom is 0.135 e. The van der Waals surface area contributed by atoms with E-state index in [0.717, 1.165) is 46.7 Å². The number of rotatable bonds is 6. The van der Waals surface area contributed by atoms with Crippen LogP contribution in [0.2, 0.25) is 0 Å². The van der Waals surface area contributed by atoms with Gasteiger partial charge in [-0.3, -0.25) is 9.67 Å². The van der Waals surface area contributed by atoms with Gasteiger partial charge in [0.15, 0.2) is 0 Å². The molecule has 0 amide bonds. The Balaban J connectivity index is 1.45. The molecule has 6 rings (SSSR count). The molecule has 1 aromatic carbocycles. The van der Waals surface area contributed by atoms with Crippen LogP contribution in [0.15, 0.2) is 48.7 Å². The molecule has 3 heterocycles. The number of aliphatic hydroxyl groups is 2. The van der Waals surface area contributed by atoms with Crippen LogP contribution < -0.4 is 0 Å². The Morgan fingerprint density at radius 1 is 1.08 bits per heavy atom. The molecule has 7 nitrogen and oxygen atoms in total. The van der Waals surface area contributed by atoms with Crippen molar-refractivity contribution in [2.45, 2.75) is 57.6 Å². The fourth-order valence-corrected chi connectivity index (χ4v) is 6.72. The zero-order chi connectivity index (χ0) is 26.8. The lowest BCUT2D eigenvalue weighted by Crippen LogP contribution is -2.37. The van der Waals surface area contributed by atoms with E-state index in [0.29, 0.717) is 0 Å². The number of hydrogen-bond donors (Lipinski definition) is 2. The van der Waals surface area contributed by atoms with Crippen molar-refractivity contribution in [2.24, 2.45) is 5.41 Å². The lowest BCUT2D eigenvalue weighted by molar-refractivity contribution is 0.0777. The van der Waals surface area contributed by atoms with E-state index in [1.807, 2.05) is 31.2 Å². The van der Waals surface area contributed by atoms with Gasteiger partial charge in [0.25, 0.3) is 0 Å². The van der Waals surface area contributed by atoms with Crippen LogP contribution in [-0.4, -0.2) is 47.9 Å². The lowest BCUT2D eigenvalue weighted by Gasteiger charge is -2.37. The van der Waals surface area contributed by atoms with Gasteiger partial charge in [-0.1, -0.05) is 26.0 Å². The van der Waals surface area contributed by atoms with Gasteiger partial charge in [0.05, 0.1) is 59.2 Å². The summed E-state index contributed by atoms with van der Waals surface area (Å²) in [6.07, 6.45) is 2.58. The van der Waals surface area contributed by atoms with Crippen molar-refractivity contribution in [3.8, 4) is 22.5 Å². The van der Waals surface area contributed by atoms with Crippen molar-refractivity contribution in [3.63, 3.8) is 0 Å². The van der Waals surface area contributed by atoms with Crippen molar-refractivity contribution in [2.75, 3.05) is 6.61 Å². The summed E-state index contributed by atoms with van der Waals surface area (Å²) in [5.41, 5.74) is 4.41. The molecule has 0 unspecified atom stereocenters. The van der Waals surface area contributed by atoms with Gasteiger partial charge in [-0.15, -0.1) is 5.10 Å². The first kappa shape index (κ1) is 24.8. The summed E-state index contributed by atoms with van der Waals surface area (Å²) < 4.78 is 30.8. The fraction of sp³-hybridized carbons (Fsp3) is 0.379. The van der Waals surface area contributed by atoms with Crippen LogP contribution in [0.5, 0.6) is 0 Å². The normalized spacial score (nSPS) is 22.0. The van der Waals surface area contributed by atoms with Gasteiger partial charge in [-0.05, 0) is 67.0 Å². The van der Waals surface area contributed by atoms with Crippen LogP contribution in [0.25, 0.3) is 22.5 Å². The van der Waals surface area contributed by atoms with E-state index in [2.05, 4.69) is 29.1 Å². The number of fused-ring (bicyclic) bond motifs is 5. The van der Waals surface area contributed by atoms with Crippen LogP contribution in [0.1, 0.15) is 55.3 Å². The van der Waals surface area contributed by atoms with Gasteiger partial charge < -0.3 is 10.2 Å². The van der Waals surface area contributed by atoms with E-state index in [9.17, 15) is 19.0 Å². The standard InChI is InChI=1S/C29H29F2N5O2/c1-16-19(13-32-36(16)14-17(38)15-37)23-8-5-9-25(33-23)29-11-10-20(28(29,2)3)18-12-24(34-35-27(18)29)26-21(30)6-4-7-22(26)31/h4-9,12-13,17,20,37-38H,10-11,14-15H2,1-3H3/t17-,20+,29+/m1/s1. The lowest BCUT2D eigenvalue weighted by atomic mass is 9.66. The maximum atomic E-state index is 14.5. The first-order valence-corrected chi connectivity index (χ1v) is 12.8. The van der Waals surface area contributed by atoms with Gasteiger partial charge in [0.1, 0.15) is 11.6 Å². The topological polar surface area (TPSA) is 97.0 Å². The van der Waals surface area contributed by atoms with E-state index in [-0.39, 0.29) is 35.7 Å². The zero-order valence-electron chi connectivity index (χ0n) is 21.5. The number of aromatic nitrogens is 5. The highest BCUT2D eigenvalue weighted by Crippen LogP contribution is 2.69. The molecule has 2 aliphatic carbocycles. The molecule has 4 aromatic rings. The third-order valence-corrected chi connectivity index (χ3v) is 8.76. The summed E-state index contributed by atoms with van der Waals surface area (Å²) in [4.78, 5) is 5.12. The zero-order valence-corrected chi connectivity index (χ0v) is 21.5. The highest BCUT2D eigenvalue weighted by atomic mass is 19.1. The summed E-state index contributed by atoms with van der Waals surface area (Å²) in [6, 6.07) is 11.5. The molecule has 2 N–H and O–H groups in total. The van der Waals surface area contributed by atoms with E-state index < -0.39 is 23.2 Å². The fourth-order valence-electron chi connectivity index (χ4n) is 6.72. The van der Waals surface area contributed by atoms with Crippen LogP contribution in [0.4, 0.5) is 8.78 Å². The van der Waals surface area contributed by atoms with Crippen molar-refractivity contribution >= 4 is 0 Å². The minimum atomic E-state index is -0.896. The van der Waals surface area contributed by atoms with Crippen molar-refractivity contribution in [1.29, 1.82) is 0 Å². The van der Waals surface area contributed by atoms with Gasteiger partial charge in [0, 0.05) is 11.3 Å². The molecule has 0 aliphatic heterocycles. The molecule has 0 saturated heterocycles. The van der Waals surface area contributed by atoms with Crippen LogP contribution in [0, 0.1) is 24.0 Å². The molecule has 1 saturated carbocycles. The summed E-state index contributed by atoms with van der Waals surface area (Å²) in [5, 5.41) is 32.4. The van der Waals surface area contributed by atoms with Gasteiger partial charge in [-0.2, -0.15) is 10.2 Å². The van der Waals surface area contributed by atoms with Crippen LogP contribution in [-0.2, 0) is 12.0 Å². The Hall–Kier alpha value is -3.56. The van der Waals surface area contributed by atoms with Crippen molar-refractivity contribution in [1.82, 2.24) is 25.0 Å². The first-order valence-electron chi connectivity index (χ1n) is 12.8. The second kappa shape index (κ2) is 8.74. The Kier molecular flexibility index (Phi) is 5.70. The summed E-state index contributed by atoms with van der Waals surface area (Å²) in [6.45, 7) is 6.18. The van der Waals surface area contributed by atoms with Crippen LogP contribution >= 0.6 is 0 Å². The average Bonchev–Trinajstić information content (AvgIpc) is 3.46. The molecule has 38 heavy (non-hydrogen) atoms. The minimum Gasteiger partial charge on any atom is -0.394 e. The average molecular weight is 518 g/mol. The Labute approximate surface area is 219 Å². The Morgan fingerprint density at radius 2 is 1.82 bits per heavy atom. The number of benzene rings is 1. The van der Waals surface area contributed by atoms with Crippen molar-refractivity contribution in [3.05, 3.63) is 82.9 Å². The quantitative estimate of drug-likeness (QED) is 0.390. The van der Waals surface area contributed by atoms with E-state index >= 15 is 0 Å². The molecule has 0 radical (unpaired) electrons. The molecule has 3 atom stereocenters. The molecule has 1 fully saturated rings. The van der Waals surface area contributed by atoms with Gasteiger partial charge >= 0.3 is 0 Å². The molecular weight excluding hydrogens is 488 g/mol. The second-order valence-corrected chi connectivity index (χ2v) is 10.9. The highest BCUT2D eigenvalue weighted by Gasteiger charge is 2.65. The maximum absolute atomic E-state index is 14.5. The predicted octanol–water partition coefficient (Wildman–Crippen LogP) is 4.55. The minimum absolute atomic E-state index is 0.150. The van der Waals surface area contributed by atoms with Crippen LogP contribution in [0.3, 0.4) is 0 Å². The second-order valence-electron chi connectivity index (χ2n) is 10.9. The van der Waals surface area contributed by atoms with Gasteiger partial charge in [-0.25, -0.2) is 8.78 Å². The monoisotopic (exact) mass is 517 g/mol. The summed E-state index contributed by atoms with van der Waals surface area (Å²) >= 11 is 0. The number of aliphatic hydroxyl groups excluding tert-OH is 2. The number of nitrogens with zero attached hydrogens (tertiary/aromatic N) is 5. The molecule has 0 spiro atoms. The van der Waals surface area contributed by atoms with E-state index in [1.54, 1.807) is 10.9 Å². The number of hydrogen-bond acceptors (Lipinski definition) is 6. The molecular formula is C29H29F2N5O2. The van der Waals surface area contributed by atoms with Gasteiger partial charge in [0.2, 0.25) is 0 Å². The summed E-state index contributed by atoms with van der Waals surface area (Å²) in [5.74, 6) is -1.17. The molecule has 2 aliphatic rings. The Bertz CT molecular complexity index is 1530. The Morgan fingerprint density at radius 3 is 2.55 bits per heavy atom. The predicted molar refractivity (Wildman–Crippen MR) is 137 cm³/mol. The SMILES string of the molecule is Cc1c(-c2cccc([C@@]34CC[C@@H](c5cc(-c6c(F)cccc6F)nnc53)C4(C)C)n2)cnn1C[C@@H](O)CO. The third-order valence-electron chi connectivity index (χ3n) is 8.76. The van der Waals surface area contributed by atoms with E-state index in [1.165, 1.54) is 18.2 Å². The van der Waals surface area contributed by atoms with Crippen molar-refractivity contribution < 1.29 is 19.0 Å². The molecule has 9 heteroatoms. The molecule has 3 aromatic heterocycles. The first-order chi connectivity index (χ1) is 18.2. The third kappa shape index (κ3) is 3.38. The number of halogens is 2. The number of pyridine rings is 1. The largest absolute Gasteiger partial charge is 0.394 e. The van der Waals surface area contributed by atoms with E-state index in [4.69, 9.17) is 4.98 Å².